The van der Waals surface area contributed by atoms with Crippen LogP contribution in [0.2, 0.25) is 0 Å². The number of anilines is 4. The van der Waals surface area contributed by atoms with E-state index in [9.17, 15) is 54.7 Å². The van der Waals surface area contributed by atoms with Gasteiger partial charge >= 0.3 is 0 Å². The van der Waals surface area contributed by atoms with Crippen molar-refractivity contribution in [1.82, 2.24) is 18.3 Å². The zero-order valence-electron chi connectivity index (χ0n) is 60.5. The van der Waals surface area contributed by atoms with Crippen molar-refractivity contribution in [2.45, 2.75) is 38.4 Å². The van der Waals surface area contributed by atoms with Gasteiger partial charge in [0.2, 0.25) is 40.1 Å². The molecule has 0 unspecified atom stereocenters. The zero-order valence-corrected chi connectivity index (χ0v) is 63.8. The summed E-state index contributed by atoms with van der Waals surface area (Å²) in [6.45, 7) is 18.9. The summed E-state index contributed by atoms with van der Waals surface area (Å²) in [5.41, 5.74) is 13.2. The van der Waals surface area contributed by atoms with Gasteiger partial charge in [-0.05, 0) is 123 Å². The van der Waals surface area contributed by atoms with E-state index in [4.69, 9.17) is 18.9 Å². The van der Waals surface area contributed by atoms with E-state index in [1.807, 2.05) is 91.9 Å². The van der Waals surface area contributed by atoms with Crippen molar-refractivity contribution in [2.24, 2.45) is 0 Å². The van der Waals surface area contributed by atoms with Crippen LogP contribution in [-0.4, -0.2) is 103 Å². The molecule has 12 aromatic rings. The predicted octanol–water partition coefficient (Wildman–Crippen LogP) is 16.3. The van der Waals surface area contributed by atoms with Gasteiger partial charge < -0.3 is 37.2 Å². The van der Waals surface area contributed by atoms with Crippen molar-refractivity contribution < 1.29 is 52.6 Å². The number of rotatable bonds is 24. The molecule has 109 heavy (non-hydrogen) atoms. The summed E-state index contributed by atoms with van der Waals surface area (Å²) < 4.78 is 133. The monoisotopic (exact) mass is 1540 g/mol. The van der Waals surface area contributed by atoms with Crippen LogP contribution in [0, 0.1) is 45.3 Å². The molecule has 8 aromatic carbocycles. The number of nitriles is 4. The van der Waals surface area contributed by atoms with Crippen molar-refractivity contribution in [3.8, 4) is 92.3 Å². The molecule has 0 bridgehead atoms. The molecule has 4 aromatic heterocycles. The van der Waals surface area contributed by atoms with Gasteiger partial charge in [-0.2, -0.15) is 21.0 Å². The van der Waals surface area contributed by atoms with Gasteiger partial charge in [-0.15, -0.1) is 0 Å². The van der Waals surface area contributed by atoms with Gasteiger partial charge in [-0.3, -0.25) is 18.9 Å². The average molecular weight is 1540 g/mol. The Morgan fingerprint density at radius 1 is 0.394 bits per heavy atom. The van der Waals surface area contributed by atoms with E-state index in [0.29, 0.717) is 110 Å². The largest absolute Gasteiger partial charge is 0.497 e. The first-order valence-electron chi connectivity index (χ1n) is 33.6. The molecule has 0 atom stereocenters. The molecule has 0 aliphatic heterocycles. The molecule has 0 spiro atoms. The summed E-state index contributed by atoms with van der Waals surface area (Å²) in [6, 6.07) is 58.9. The quantitative estimate of drug-likeness (QED) is 0.0437. The molecule has 1 fully saturated rings. The molecule has 13 rings (SSSR count). The van der Waals surface area contributed by atoms with Crippen LogP contribution in [0.15, 0.2) is 196 Å². The molecule has 24 nitrogen and oxygen atoms in total. The lowest BCUT2D eigenvalue weighted by Gasteiger charge is -2.10. The third-order valence-electron chi connectivity index (χ3n) is 17.6. The Morgan fingerprint density at radius 3 is 0.872 bits per heavy atom. The first-order valence-corrected chi connectivity index (χ1v) is 40.4. The van der Waals surface area contributed by atoms with Gasteiger partial charge in [0.05, 0.1) is 119 Å². The molecule has 1 saturated carbocycles. The maximum absolute atomic E-state index is 12.1. The summed E-state index contributed by atoms with van der Waals surface area (Å²) in [5.74, 6) is 2.81. The van der Waals surface area contributed by atoms with E-state index in [1.54, 1.807) is 163 Å². The van der Waals surface area contributed by atoms with E-state index < -0.39 is 40.1 Å². The number of nitrogens with zero attached hydrogens (tertiary/aromatic N) is 8. The normalized spacial score (nSPS) is 11.8. The van der Waals surface area contributed by atoms with Gasteiger partial charge in [0, 0.05) is 116 Å². The molecular formula is C81H76N12O12S4. The summed E-state index contributed by atoms with van der Waals surface area (Å²) in [4.78, 5) is 0. The highest BCUT2D eigenvalue weighted by Crippen LogP contribution is 2.41. The highest BCUT2D eigenvalue weighted by molar-refractivity contribution is 7.93. The Kier molecular flexibility index (Phi) is 24.0. The lowest BCUT2D eigenvalue weighted by molar-refractivity contribution is 0.415. The number of hydrogen-bond donors (Lipinski definition) is 4. The fourth-order valence-electron chi connectivity index (χ4n) is 12.4. The summed E-state index contributed by atoms with van der Waals surface area (Å²) in [6.07, 6.45) is 9.65. The second-order valence-corrected chi connectivity index (χ2v) is 32.1. The van der Waals surface area contributed by atoms with Gasteiger partial charge in [0.15, 0.2) is 0 Å². The molecule has 4 heterocycles. The topological polar surface area (TPSA) is 336 Å². The molecule has 556 valence electrons. The minimum Gasteiger partial charge on any atom is -0.497 e. The number of aromatic nitrogens is 4. The fraction of sp³-hybridized carbons (Fsp3) is 0.160. The van der Waals surface area contributed by atoms with Crippen molar-refractivity contribution in [3.05, 3.63) is 218 Å². The van der Waals surface area contributed by atoms with Crippen molar-refractivity contribution in [1.29, 1.82) is 21.0 Å². The summed E-state index contributed by atoms with van der Waals surface area (Å²) >= 11 is 0. The molecule has 0 amide bonds. The van der Waals surface area contributed by atoms with Crippen molar-refractivity contribution in [2.75, 3.05) is 65.1 Å². The maximum atomic E-state index is 12.1. The standard InChI is InChI=1S/C21H19N3O3S.C21H21N3O3S.C20H19N3O3S.C19H17N3O3S/c1-3-24-20-12-16(27-2)8-11-18(20)19(13-22)21(24)14-4-6-15(7-5-14)23-28(25,26)17-9-10-17;1-4-12-28(25,26)23-16-8-6-15(7-9-16)21-19(14-22)18-11-10-17(27-3)13-20(18)24(21)5-2;1-4-23-19-12-16(26-3)10-11-17(19)18(13-21)20(23)14-6-8-15(9-7-14)22-27(24,25)5-2;1-4-22-18-11-15(25-2)9-10-16(18)17(12-20)19(22)13-5-7-14(8-6-13)21-26(3,23)24/h3-8,11-12,17,23H,1,9-10H2,2H3;5-11,13,23H,2,4,12H2,1,3H3;4,6-12,22H,1,5H2,2-3H3;4-11,21H,1H2,2-3H3. The van der Waals surface area contributed by atoms with Crippen LogP contribution in [-0.2, 0) is 40.1 Å². The lowest BCUT2D eigenvalue weighted by atomic mass is 10.1. The second kappa shape index (κ2) is 33.2. The number of fused-ring (bicyclic) bond motifs is 4. The van der Waals surface area contributed by atoms with Gasteiger partial charge in [0.1, 0.15) is 47.3 Å². The number of hydrogen-bond acceptors (Lipinski definition) is 16. The van der Waals surface area contributed by atoms with E-state index in [2.05, 4.69) is 69.5 Å². The third kappa shape index (κ3) is 17.1. The fourth-order valence-corrected chi connectivity index (χ4v) is 16.1. The van der Waals surface area contributed by atoms with E-state index in [0.717, 1.165) is 72.1 Å². The zero-order chi connectivity index (χ0) is 78.7. The molecule has 28 heteroatoms. The Morgan fingerprint density at radius 2 is 0.651 bits per heavy atom. The van der Waals surface area contributed by atoms with Crippen LogP contribution in [0.1, 0.15) is 55.4 Å². The van der Waals surface area contributed by atoms with E-state index in [-0.39, 0.29) is 16.8 Å². The van der Waals surface area contributed by atoms with Crippen LogP contribution in [0.25, 0.3) is 113 Å². The van der Waals surface area contributed by atoms with E-state index >= 15 is 0 Å². The van der Waals surface area contributed by atoms with Gasteiger partial charge in [0.25, 0.3) is 0 Å². The molecule has 1 aliphatic rings. The van der Waals surface area contributed by atoms with Crippen LogP contribution in [0.5, 0.6) is 23.0 Å². The van der Waals surface area contributed by atoms with Gasteiger partial charge in [-0.1, -0.05) is 81.8 Å². The SMILES string of the molecule is C=Cn1c(-c2ccc(NS(=O)(=O)C3CC3)cc2)c(C#N)c2ccc(OC)cc21.C=Cn1c(-c2ccc(NS(=O)(=O)CC)cc2)c(C#N)c2ccc(OC)cc21.C=Cn1c(-c2ccc(NS(=O)(=O)CCC)cc2)c(C#N)c2ccc(OC)cc21.C=Cn1c(-c2ccc(NS(C)(=O)=O)cc2)c(C#N)c2ccc(OC)cc21. The van der Waals surface area contributed by atoms with Crippen LogP contribution >= 0.6 is 0 Å². The average Bonchev–Trinajstić information content (AvgIpc) is 1.63. The van der Waals surface area contributed by atoms with Crippen LogP contribution in [0.4, 0.5) is 22.7 Å². The number of methoxy groups -OCH3 is 4. The Labute approximate surface area is 633 Å². The third-order valence-corrected chi connectivity index (χ3v) is 22.9. The predicted molar refractivity (Wildman–Crippen MR) is 435 cm³/mol. The smallest absolute Gasteiger partial charge is 0.235 e. The molecule has 0 saturated heterocycles. The Balaban J connectivity index is 0.000000155. The van der Waals surface area contributed by atoms with Crippen molar-refractivity contribution >= 4 is 131 Å². The van der Waals surface area contributed by atoms with E-state index in [1.165, 1.54) is 0 Å². The first kappa shape index (κ1) is 78.6. The minimum atomic E-state index is -3.35. The number of benzene rings is 8. The van der Waals surface area contributed by atoms with Crippen molar-refractivity contribution in [3.63, 3.8) is 0 Å². The highest BCUT2D eigenvalue weighted by atomic mass is 32.2. The number of nitrogens with one attached hydrogen (secondary N) is 4. The number of sulfonamides is 4. The van der Waals surface area contributed by atoms with Crippen LogP contribution < -0.4 is 37.8 Å². The summed E-state index contributed by atoms with van der Waals surface area (Å²) in [7, 11) is -6.99. The van der Waals surface area contributed by atoms with Gasteiger partial charge in [-0.25, -0.2) is 33.7 Å². The molecule has 4 N–H and O–H groups in total. The first-order chi connectivity index (χ1) is 52.2. The summed E-state index contributed by atoms with van der Waals surface area (Å²) in [5, 5.41) is 41.9. The maximum Gasteiger partial charge on any atom is 0.235 e. The molecule has 0 radical (unpaired) electrons. The Bertz CT molecular complexity index is 6190. The second-order valence-electron chi connectivity index (χ2n) is 24.5. The highest BCUT2D eigenvalue weighted by Gasteiger charge is 2.36. The Hall–Kier alpha value is -13.0. The van der Waals surface area contributed by atoms with Crippen LogP contribution in [0.3, 0.4) is 0 Å². The number of ether oxygens (including phenoxy) is 4. The molecular weight excluding hydrogens is 1460 g/mol. The lowest BCUT2D eigenvalue weighted by Crippen LogP contribution is -2.17. The molecule has 1 aliphatic carbocycles. The minimum absolute atomic E-state index is 0.000130.